The molecule has 4 nitrogen and oxygen atoms in total. The standard InChI is InChI=1S/C13H17NO3S/c1-10-5-3-4-6-12(10)13(15)14(2)11-7-8-18(16,17)9-11/h3-6,11H,7-9H2,1-2H3. The fourth-order valence-electron chi connectivity index (χ4n) is 2.25. The summed E-state index contributed by atoms with van der Waals surface area (Å²) in [6.07, 6.45) is 0.538. The largest absolute Gasteiger partial charge is 0.338 e. The molecule has 1 fully saturated rings. The number of rotatable bonds is 2. The van der Waals surface area contributed by atoms with E-state index < -0.39 is 9.84 Å². The molecule has 1 atom stereocenters. The first kappa shape index (κ1) is 13.1. The Balaban J connectivity index is 2.18. The molecule has 1 amide bonds. The molecule has 1 aromatic carbocycles. The first-order valence-corrected chi connectivity index (χ1v) is 7.76. The number of hydrogen-bond donors (Lipinski definition) is 0. The van der Waals surface area contributed by atoms with E-state index in [0.717, 1.165) is 5.56 Å². The average molecular weight is 267 g/mol. The summed E-state index contributed by atoms with van der Waals surface area (Å²) in [5.41, 5.74) is 1.56. The molecule has 0 aliphatic carbocycles. The van der Waals surface area contributed by atoms with Gasteiger partial charge in [-0.3, -0.25) is 4.79 Å². The summed E-state index contributed by atoms with van der Waals surface area (Å²) in [6.45, 7) is 1.88. The van der Waals surface area contributed by atoms with E-state index in [-0.39, 0.29) is 23.5 Å². The average Bonchev–Trinajstić information content (AvgIpc) is 2.68. The second-order valence-corrected chi connectivity index (χ2v) is 7.02. The Morgan fingerprint density at radius 2 is 2.00 bits per heavy atom. The molecule has 0 aromatic heterocycles. The first-order valence-electron chi connectivity index (χ1n) is 5.94. The summed E-state index contributed by atoms with van der Waals surface area (Å²) >= 11 is 0. The zero-order chi connectivity index (χ0) is 13.3. The highest BCUT2D eigenvalue weighted by Crippen LogP contribution is 2.19. The lowest BCUT2D eigenvalue weighted by Crippen LogP contribution is -2.38. The molecule has 1 saturated heterocycles. The number of carbonyl (C=O) groups excluding carboxylic acids is 1. The summed E-state index contributed by atoms with van der Waals surface area (Å²) in [5.74, 6) is 0.166. The molecule has 1 unspecified atom stereocenters. The van der Waals surface area contributed by atoms with Crippen LogP contribution in [0.25, 0.3) is 0 Å². The molecule has 0 N–H and O–H groups in total. The Hall–Kier alpha value is -1.36. The topological polar surface area (TPSA) is 54.5 Å². The molecule has 0 saturated carbocycles. The Kier molecular flexibility index (Phi) is 3.43. The number of benzene rings is 1. The van der Waals surface area contributed by atoms with E-state index in [1.807, 2.05) is 25.1 Å². The van der Waals surface area contributed by atoms with Crippen molar-refractivity contribution in [2.75, 3.05) is 18.6 Å². The highest BCUT2D eigenvalue weighted by Gasteiger charge is 2.33. The number of aryl methyl sites for hydroxylation is 1. The van der Waals surface area contributed by atoms with Crippen molar-refractivity contribution in [3.05, 3.63) is 35.4 Å². The molecule has 2 rings (SSSR count). The zero-order valence-corrected chi connectivity index (χ0v) is 11.4. The maximum Gasteiger partial charge on any atom is 0.254 e. The molecule has 1 aliphatic heterocycles. The van der Waals surface area contributed by atoms with Crippen LogP contribution in [0.15, 0.2) is 24.3 Å². The molecular formula is C13H17NO3S. The molecular weight excluding hydrogens is 250 g/mol. The van der Waals surface area contributed by atoms with Gasteiger partial charge in [-0.15, -0.1) is 0 Å². The fourth-order valence-corrected chi connectivity index (χ4v) is 4.02. The molecule has 0 radical (unpaired) electrons. The van der Waals surface area contributed by atoms with Crippen molar-refractivity contribution in [3.63, 3.8) is 0 Å². The van der Waals surface area contributed by atoms with E-state index in [1.54, 1.807) is 18.0 Å². The lowest BCUT2D eigenvalue weighted by atomic mass is 10.1. The molecule has 98 valence electrons. The second-order valence-electron chi connectivity index (χ2n) is 4.79. The van der Waals surface area contributed by atoms with Crippen LogP contribution in [0.1, 0.15) is 22.3 Å². The van der Waals surface area contributed by atoms with Gasteiger partial charge in [-0.05, 0) is 25.0 Å². The third-order valence-electron chi connectivity index (χ3n) is 3.45. The highest BCUT2D eigenvalue weighted by atomic mass is 32.2. The predicted molar refractivity (Wildman–Crippen MR) is 70.3 cm³/mol. The van der Waals surface area contributed by atoms with Crippen LogP contribution in [-0.4, -0.2) is 43.8 Å². The van der Waals surface area contributed by atoms with Crippen LogP contribution in [0.2, 0.25) is 0 Å². The molecule has 1 heterocycles. The van der Waals surface area contributed by atoms with E-state index >= 15 is 0 Å². The number of nitrogens with zero attached hydrogens (tertiary/aromatic N) is 1. The molecule has 0 spiro atoms. The van der Waals surface area contributed by atoms with Crippen LogP contribution in [0, 0.1) is 6.92 Å². The predicted octanol–water partition coefficient (Wildman–Crippen LogP) is 1.25. The third kappa shape index (κ3) is 2.56. The quantitative estimate of drug-likeness (QED) is 0.810. The van der Waals surface area contributed by atoms with Crippen molar-refractivity contribution in [3.8, 4) is 0 Å². The van der Waals surface area contributed by atoms with Crippen LogP contribution < -0.4 is 0 Å². The summed E-state index contributed by atoms with van der Waals surface area (Å²) in [7, 11) is -1.28. The molecule has 1 aromatic rings. The van der Waals surface area contributed by atoms with Gasteiger partial charge >= 0.3 is 0 Å². The molecule has 18 heavy (non-hydrogen) atoms. The van der Waals surface area contributed by atoms with Crippen LogP contribution in [-0.2, 0) is 9.84 Å². The summed E-state index contributed by atoms with van der Waals surface area (Å²) in [4.78, 5) is 13.9. The number of hydrogen-bond acceptors (Lipinski definition) is 3. The van der Waals surface area contributed by atoms with Gasteiger partial charge in [-0.1, -0.05) is 18.2 Å². The van der Waals surface area contributed by atoms with Crippen LogP contribution in [0.4, 0.5) is 0 Å². The summed E-state index contributed by atoms with van der Waals surface area (Å²) in [5, 5.41) is 0. The van der Waals surface area contributed by atoms with E-state index in [0.29, 0.717) is 12.0 Å². The van der Waals surface area contributed by atoms with Crippen LogP contribution in [0.5, 0.6) is 0 Å². The molecule has 1 aliphatic rings. The smallest absolute Gasteiger partial charge is 0.254 e. The minimum Gasteiger partial charge on any atom is -0.338 e. The maximum absolute atomic E-state index is 12.3. The number of amides is 1. The van der Waals surface area contributed by atoms with E-state index in [9.17, 15) is 13.2 Å². The lowest BCUT2D eigenvalue weighted by Gasteiger charge is -2.24. The van der Waals surface area contributed by atoms with Crippen molar-refractivity contribution < 1.29 is 13.2 Å². The lowest BCUT2D eigenvalue weighted by molar-refractivity contribution is 0.0747. The van der Waals surface area contributed by atoms with Crippen LogP contribution in [0.3, 0.4) is 0 Å². The maximum atomic E-state index is 12.3. The van der Waals surface area contributed by atoms with Gasteiger partial charge in [0.15, 0.2) is 9.84 Å². The van der Waals surface area contributed by atoms with Gasteiger partial charge in [0.1, 0.15) is 0 Å². The third-order valence-corrected chi connectivity index (χ3v) is 5.20. The summed E-state index contributed by atoms with van der Waals surface area (Å²) in [6, 6.07) is 7.16. The van der Waals surface area contributed by atoms with Gasteiger partial charge in [0.05, 0.1) is 11.5 Å². The van der Waals surface area contributed by atoms with E-state index in [2.05, 4.69) is 0 Å². The van der Waals surface area contributed by atoms with Gasteiger partial charge < -0.3 is 4.90 Å². The van der Waals surface area contributed by atoms with Gasteiger partial charge in [0.25, 0.3) is 5.91 Å². The normalized spacial score (nSPS) is 21.8. The molecule has 0 bridgehead atoms. The van der Waals surface area contributed by atoms with Crippen molar-refractivity contribution in [1.29, 1.82) is 0 Å². The Bertz CT molecular complexity index is 565. The van der Waals surface area contributed by atoms with Crippen molar-refractivity contribution in [2.24, 2.45) is 0 Å². The fraction of sp³-hybridized carbons (Fsp3) is 0.462. The zero-order valence-electron chi connectivity index (χ0n) is 10.6. The van der Waals surface area contributed by atoms with E-state index in [1.165, 1.54) is 0 Å². The Morgan fingerprint density at radius 3 is 2.56 bits per heavy atom. The number of sulfone groups is 1. The van der Waals surface area contributed by atoms with E-state index in [4.69, 9.17) is 0 Å². The second kappa shape index (κ2) is 4.72. The van der Waals surface area contributed by atoms with Gasteiger partial charge in [-0.2, -0.15) is 0 Å². The van der Waals surface area contributed by atoms with Gasteiger partial charge in [0, 0.05) is 18.7 Å². The minimum atomic E-state index is -2.96. The Morgan fingerprint density at radius 1 is 1.33 bits per heavy atom. The minimum absolute atomic E-state index is 0.0844. The van der Waals surface area contributed by atoms with Gasteiger partial charge in [-0.25, -0.2) is 8.42 Å². The highest BCUT2D eigenvalue weighted by molar-refractivity contribution is 7.91. The summed E-state index contributed by atoms with van der Waals surface area (Å²) < 4.78 is 22.9. The van der Waals surface area contributed by atoms with Crippen molar-refractivity contribution >= 4 is 15.7 Å². The monoisotopic (exact) mass is 267 g/mol. The number of carbonyl (C=O) groups is 1. The van der Waals surface area contributed by atoms with Crippen molar-refractivity contribution in [1.82, 2.24) is 4.90 Å². The SMILES string of the molecule is Cc1ccccc1C(=O)N(C)C1CCS(=O)(=O)C1. The molecule has 5 heteroatoms. The Labute approximate surface area is 108 Å². The van der Waals surface area contributed by atoms with Crippen LogP contribution >= 0.6 is 0 Å². The van der Waals surface area contributed by atoms with Gasteiger partial charge in [0.2, 0.25) is 0 Å². The first-order chi connectivity index (χ1) is 8.41. The van der Waals surface area contributed by atoms with Crippen molar-refractivity contribution in [2.45, 2.75) is 19.4 Å².